The first-order valence-electron chi connectivity index (χ1n) is 6.36. The van der Waals surface area contributed by atoms with Crippen LogP contribution in [0, 0.1) is 12.8 Å². The molecule has 0 saturated carbocycles. The quantitative estimate of drug-likeness (QED) is 0.801. The number of hydrogen-bond acceptors (Lipinski definition) is 2. The summed E-state index contributed by atoms with van der Waals surface area (Å²) in [6, 6.07) is 5.61. The number of benzene rings is 1. The monoisotopic (exact) mass is 245 g/mol. The summed E-state index contributed by atoms with van der Waals surface area (Å²) in [6.45, 7) is 1.95. The van der Waals surface area contributed by atoms with Crippen molar-refractivity contribution in [3.05, 3.63) is 41.5 Å². The van der Waals surface area contributed by atoms with Crippen molar-refractivity contribution < 1.29 is 9.90 Å². The summed E-state index contributed by atoms with van der Waals surface area (Å²) < 4.78 is 0. The van der Waals surface area contributed by atoms with E-state index in [4.69, 9.17) is 5.11 Å². The van der Waals surface area contributed by atoms with Crippen LogP contribution in [-0.2, 0) is 11.4 Å². The summed E-state index contributed by atoms with van der Waals surface area (Å²) in [5.41, 5.74) is 2.63. The molecular weight excluding hydrogens is 226 g/mol. The second-order valence-electron chi connectivity index (χ2n) is 4.83. The van der Waals surface area contributed by atoms with E-state index in [1.54, 1.807) is 0 Å². The molecule has 1 amide bonds. The van der Waals surface area contributed by atoms with Gasteiger partial charge in [0.1, 0.15) is 0 Å². The van der Waals surface area contributed by atoms with Crippen molar-refractivity contribution in [2.75, 3.05) is 5.32 Å². The third-order valence-corrected chi connectivity index (χ3v) is 3.32. The molecule has 0 bridgehead atoms. The molecule has 2 N–H and O–H groups in total. The minimum absolute atomic E-state index is 0.00544. The second kappa shape index (κ2) is 5.83. The minimum atomic E-state index is -0.00544. The van der Waals surface area contributed by atoms with Crippen LogP contribution < -0.4 is 5.32 Å². The van der Waals surface area contributed by atoms with Gasteiger partial charge in [-0.15, -0.1) is 0 Å². The molecule has 0 fully saturated rings. The summed E-state index contributed by atoms with van der Waals surface area (Å²) in [6.07, 6.45) is 6.95. The smallest absolute Gasteiger partial charge is 0.224 e. The van der Waals surface area contributed by atoms with Crippen LogP contribution in [0.4, 0.5) is 5.69 Å². The van der Waals surface area contributed by atoms with Crippen LogP contribution >= 0.6 is 0 Å². The second-order valence-corrected chi connectivity index (χ2v) is 4.83. The zero-order valence-electron chi connectivity index (χ0n) is 10.6. The predicted molar refractivity (Wildman–Crippen MR) is 72.2 cm³/mol. The van der Waals surface area contributed by atoms with Gasteiger partial charge in [0.25, 0.3) is 0 Å². The van der Waals surface area contributed by atoms with Crippen molar-refractivity contribution in [1.82, 2.24) is 0 Å². The fourth-order valence-electron chi connectivity index (χ4n) is 2.21. The van der Waals surface area contributed by atoms with Crippen molar-refractivity contribution in [3.8, 4) is 0 Å². The molecule has 2 rings (SSSR count). The third kappa shape index (κ3) is 3.20. The number of anilines is 1. The molecule has 0 spiro atoms. The maximum Gasteiger partial charge on any atom is 0.224 e. The van der Waals surface area contributed by atoms with Gasteiger partial charge in [-0.05, 0) is 42.9 Å². The predicted octanol–water partition coefficient (Wildman–Crippen LogP) is 2.78. The third-order valence-electron chi connectivity index (χ3n) is 3.32. The normalized spacial score (nSPS) is 18.0. The fraction of sp³-hybridized carbons (Fsp3) is 0.400. The number of aliphatic hydroxyl groups excluding tert-OH is 1. The molecule has 1 aliphatic rings. The molecule has 1 aliphatic carbocycles. The molecule has 1 aromatic rings. The SMILES string of the molecule is Cc1ccc(CO)cc1NC(=O)CC1C=CCC1. The molecule has 1 unspecified atom stereocenters. The van der Waals surface area contributed by atoms with E-state index in [0.717, 1.165) is 29.7 Å². The lowest BCUT2D eigenvalue weighted by Gasteiger charge is -2.11. The Balaban J connectivity index is 1.99. The Bertz CT molecular complexity index is 466. The van der Waals surface area contributed by atoms with Gasteiger partial charge in [0.2, 0.25) is 5.91 Å². The Hall–Kier alpha value is -1.61. The number of hydrogen-bond donors (Lipinski definition) is 2. The molecule has 0 aromatic heterocycles. The van der Waals surface area contributed by atoms with Gasteiger partial charge in [0.15, 0.2) is 0 Å². The van der Waals surface area contributed by atoms with Crippen molar-refractivity contribution in [1.29, 1.82) is 0 Å². The Labute approximate surface area is 108 Å². The topological polar surface area (TPSA) is 49.3 Å². The number of rotatable bonds is 4. The maximum absolute atomic E-state index is 11.9. The summed E-state index contributed by atoms with van der Waals surface area (Å²) in [4.78, 5) is 11.9. The van der Waals surface area contributed by atoms with Crippen LogP contribution in [0.1, 0.15) is 30.4 Å². The Morgan fingerprint density at radius 3 is 3.00 bits per heavy atom. The van der Waals surface area contributed by atoms with E-state index in [1.165, 1.54) is 0 Å². The molecule has 0 heterocycles. The molecule has 18 heavy (non-hydrogen) atoms. The number of allylic oxidation sites excluding steroid dienone is 2. The molecule has 96 valence electrons. The van der Waals surface area contributed by atoms with Crippen molar-refractivity contribution in [2.45, 2.75) is 32.8 Å². The number of nitrogens with one attached hydrogen (secondary N) is 1. The van der Waals surface area contributed by atoms with Gasteiger partial charge in [-0.2, -0.15) is 0 Å². The van der Waals surface area contributed by atoms with Gasteiger partial charge in [-0.3, -0.25) is 4.79 Å². The van der Waals surface area contributed by atoms with E-state index in [0.29, 0.717) is 12.3 Å². The van der Waals surface area contributed by atoms with Crippen molar-refractivity contribution in [3.63, 3.8) is 0 Å². The molecule has 0 saturated heterocycles. The zero-order valence-corrected chi connectivity index (χ0v) is 10.6. The first-order chi connectivity index (χ1) is 8.69. The summed E-state index contributed by atoms with van der Waals surface area (Å²) >= 11 is 0. The number of carbonyl (C=O) groups is 1. The van der Waals surface area contributed by atoms with Crippen LogP contribution in [0.25, 0.3) is 0 Å². The first kappa shape index (κ1) is 12.8. The summed E-state index contributed by atoms with van der Waals surface area (Å²) in [5, 5.41) is 12.0. The highest BCUT2D eigenvalue weighted by Crippen LogP contribution is 2.22. The van der Waals surface area contributed by atoms with Gasteiger partial charge in [0.05, 0.1) is 6.61 Å². The zero-order chi connectivity index (χ0) is 13.0. The van der Waals surface area contributed by atoms with Crippen LogP contribution in [0.15, 0.2) is 30.4 Å². The average molecular weight is 245 g/mol. The lowest BCUT2D eigenvalue weighted by molar-refractivity contribution is -0.116. The summed E-state index contributed by atoms with van der Waals surface area (Å²) in [5.74, 6) is 0.427. The maximum atomic E-state index is 11.9. The van der Waals surface area contributed by atoms with E-state index in [2.05, 4.69) is 17.5 Å². The Kier molecular flexibility index (Phi) is 4.15. The van der Waals surface area contributed by atoms with Crippen molar-refractivity contribution >= 4 is 11.6 Å². The van der Waals surface area contributed by atoms with E-state index in [-0.39, 0.29) is 12.5 Å². The molecule has 1 atom stereocenters. The van der Waals surface area contributed by atoms with Gasteiger partial charge in [-0.1, -0.05) is 24.3 Å². The fourth-order valence-corrected chi connectivity index (χ4v) is 2.21. The minimum Gasteiger partial charge on any atom is -0.392 e. The molecule has 3 nitrogen and oxygen atoms in total. The molecule has 0 aliphatic heterocycles. The number of aliphatic hydroxyl groups is 1. The van der Waals surface area contributed by atoms with Gasteiger partial charge >= 0.3 is 0 Å². The highest BCUT2D eigenvalue weighted by atomic mass is 16.3. The standard InChI is InChI=1S/C15H19NO2/c1-11-6-7-13(10-17)8-14(11)16-15(18)9-12-4-2-3-5-12/h2,4,6-8,12,17H,3,5,9-10H2,1H3,(H,16,18). The van der Waals surface area contributed by atoms with Crippen LogP contribution in [0.5, 0.6) is 0 Å². The highest BCUT2D eigenvalue weighted by molar-refractivity contribution is 5.91. The molecule has 3 heteroatoms. The largest absolute Gasteiger partial charge is 0.392 e. The first-order valence-corrected chi connectivity index (χ1v) is 6.36. The summed E-state index contributed by atoms with van der Waals surface area (Å²) in [7, 11) is 0. The van der Waals surface area contributed by atoms with E-state index in [1.807, 2.05) is 25.1 Å². The van der Waals surface area contributed by atoms with Gasteiger partial charge in [-0.25, -0.2) is 0 Å². The Morgan fingerprint density at radius 2 is 2.33 bits per heavy atom. The highest BCUT2D eigenvalue weighted by Gasteiger charge is 2.14. The van der Waals surface area contributed by atoms with E-state index >= 15 is 0 Å². The van der Waals surface area contributed by atoms with Crippen LogP contribution in [0.2, 0.25) is 0 Å². The number of aryl methyl sites for hydroxylation is 1. The van der Waals surface area contributed by atoms with Crippen LogP contribution in [-0.4, -0.2) is 11.0 Å². The lowest BCUT2D eigenvalue weighted by atomic mass is 10.0. The number of carbonyl (C=O) groups excluding carboxylic acids is 1. The molecule has 0 radical (unpaired) electrons. The molecule has 1 aromatic carbocycles. The van der Waals surface area contributed by atoms with Crippen LogP contribution in [0.3, 0.4) is 0 Å². The van der Waals surface area contributed by atoms with E-state index < -0.39 is 0 Å². The lowest BCUT2D eigenvalue weighted by Crippen LogP contribution is -2.15. The Morgan fingerprint density at radius 1 is 1.50 bits per heavy atom. The van der Waals surface area contributed by atoms with Gasteiger partial charge < -0.3 is 10.4 Å². The van der Waals surface area contributed by atoms with E-state index in [9.17, 15) is 4.79 Å². The van der Waals surface area contributed by atoms with Crippen molar-refractivity contribution in [2.24, 2.45) is 5.92 Å². The number of amides is 1. The molecular formula is C15H19NO2. The van der Waals surface area contributed by atoms with Gasteiger partial charge in [0, 0.05) is 12.1 Å². The average Bonchev–Trinajstić information content (AvgIpc) is 2.84.